The summed E-state index contributed by atoms with van der Waals surface area (Å²) in [6, 6.07) is 0.0893. The lowest BCUT2D eigenvalue weighted by atomic mass is 10.2. The van der Waals surface area contributed by atoms with Crippen molar-refractivity contribution in [3.63, 3.8) is 0 Å². The zero-order chi connectivity index (χ0) is 17.9. The predicted octanol–water partition coefficient (Wildman–Crippen LogP) is 1.88. The first kappa shape index (κ1) is 18.7. The molecule has 1 fully saturated rings. The van der Waals surface area contributed by atoms with E-state index >= 15 is 0 Å². The maximum absolute atomic E-state index is 12.5. The molecule has 1 aromatic rings. The molecule has 0 spiro atoms. The van der Waals surface area contributed by atoms with Crippen LogP contribution in [0.5, 0.6) is 0 Å². The summed E-state index contributed by atoms with van der Waals surface area (Å²) in [6.07, 6.45) is 4.51. The Morgan fingerprint density at radius 2 is 2.17 bits per heavy atom. The third kappa shape index (κ3) is 5.21. The lowest BCUT2D eigenvalue weighted by molar-refractivity contribution is 0.0176. The molecule has 7 nitrogen and oxygen atoms in total. The second-order valence-corrected chi connectivity index (χ2v) is 7.60. The fourth-order valence-electron chi connectivity index (χ4n) is 3.05. The molecule has 0 aliphatic carbocycles. The zero-order valence-corrected chi connectivity index (χ0v) is 15.7. The molecule has 1 saturated heterocycles. The number of carbonyl (C=O) groups is 1. The molecule has 0 aromatic carbocycles. The molecule has 1 aliphatic rings. The van der Waals surface area contributed by atoms with E-state index in [1.165, 1.54) is 0 Å². The summed E-state index contributed by atoms with van der Waals surface area (Å²) in [5, 5.41) is 4.20. The van der Waals surface area contributed by atoms with Crippen LogP contribution >= 0.6 is 0 Å². The molecular formula is C17H30N4O3. The van der Waals surface area contributed by atoms with Gasteiger partial charge in [-0.2, -0.15) is 5.10 Å². The number of rotatable bonds is 5. The quantitative estimate of drug-likeness (QED) is 0.820. The number of carbonyl (C=O) groups excluding carboxylic acids is 1. The van der Waals surface area contributed by atoms with Crippen molar-refractivity contribution < 1.29 is 14.3 Å². The number of aromatic nitrogens is 2. The van der Waals surface area contributed by atoms with Crippen LogP contribution in [0.3, 0.4) is 0 Å². The van der Waals surface area contributed by atoms with Gasteiger partial charge in [0.2, 0.25) is 0 Å². The van der Waals surface area contributed by atoms with Crippen LogP contribution in [0.2, 0.25) is 0 Å². The molecular weight excluding hydrogens is 308 g/mol. The SMILES string of the molecule is COC1CC(CN(C)Cc2cnn(C)c2)N(C(=O)OC(C)(C)C)C1. The van der Waals surface area contributed by atoms with Gasteiger partial charge in [0.15, 0.2) is 0 Å². The Labute approximate surface area is 144 Å². The van der Waals surface area contributed by atoms with E-state index in [9.17, 15) is 4.79 Å². The maximum Gasteiger partial charge on any atom is 0.410 e. The van der Waals surface area contributed by atoms with E-state index in [4.69, 9.17) is 9.47 Å². The number of nitrogens with zero attached hydrogens (tertiary/aromatic N) is 4. The Hall–Kier alpha value is -1.60. The number of likely N-dealkylation sites (tertiary alicyclic amines) is 1. The summed E-state index contributed by atoms with van der Waals surface area (Å²) in [6.45, 7) is 7.81. The second-order valence-electron chi connectivity index (χ2n) is 7.60. The van der Waals surface area contributed by atoms with Crippen molar-refractivity contribution in [1.29, 1.82) is 0 Å². The molecule has 0 radical (unpaired) electrons. The van der Waals surface area contributed by atoms with E-state index in [1.54, 1.807) is 16.7 Å². The number of methoxy groups -OCH3 is 1. The van der Waals surface area contributed by atoms with Crippen molar-refractivity contribution in [2.75, 3.05) is 27.2 Å². The molecule has 2 unspecified atom stereocenters. The van der Waals surface area contributed by atoms with Crippen molar-refractivity contribution in [3.05, 3.63) is 18.0 Å². The summed E-state index contributed by atoms with van der Waals surface area (Å²) in [7, 11) is 5.66. The highest BCUT2D eigenvalue weighted by Gasteiger charge is 2.38. The Bertz CT molecular complexity index is 552. The monoisotopic (exact) mass is 338 g/mol. The summed E-state index contributed by atoms with van der Waals surface area (Å²) >= 11 is 0. The highest BCUT2D eigenvalue weighted by molar-refractivity contribution is 5.69. The van der Waals surface area contributed by atoms with Gasteiger partial charge in [-0.05, 0) is 34.2 Å². The van der Waals surface area contributed by atoms with E-state index in [0.29, 0.717) is 6.54 Å². The van der Waals surface area contributed by atoms with Crippen LogP contribution in [0.15, 0.2) is 12.4 Å². The first-order chi connectivity index (χ1) is 11.2. The molecule has 1 aromatic heterocycles. The summed E-state index contributed by atoms with van der Waals surface area (Å²) in [5.74, 6) is 0. The van der Waals surface area contributed by atoms with E-state index in [1.807, 2.05) is 40.2 Å². The molecule has 1 amide bonds. The van der Waals surface area contributed by atoms with Crippen molar-refractivity contribution in [2.45, 2.75) is 51.5 Å². The molecule has 24 heavy (non-hydrogen) atoms. The minimum absolute atomic E-state index is 0.0642. The number of amides is 1. The van der Waals surface area contributed by atoms with Gasteiger partial charge in [-0.15, -0.1) is 0 Å². The van der Waals surface area contributed by atoms with Gasteiger partial charge >= 0.3 is 6.09 Å². The van der Waals surface area contributed by atoms with Crippen LogP contribution in [0, 0.1) is 0 Å². The van der Waals surface area contributed by atoms with Crippen LogP contribution in [0.4, 0.5) is 4.79 Å². The number of ether oxygens (including phenoxy) is 2. The predicted molar refractivity (Wildman–Crippen MR) is 91.7 cm³/mol. The van der Waals surface area contributed by atoms with Gasteiger partial charge in [-0.1, -0.05) is 0 Å². The van der Waals surface area contributed by atoms with Crippen LogP contribution in [-0.4, -0.2) is 70.7 Å². The van der Waals surface area contributed by atoms with E-state index in [2.05, 4.69) is 17.0 Å². The van der Waals surface area contributed by atoms with Crippen LogP contribution in [0.25, 0.3) is 0 Å². The smallest absolute Gasteiger partial charge is 0.410 e. The van der Waals surface area contributed by atoms with Crippen molar-refractivity contribution in [3.8, 4) is 0 Å². The second kappa shape index (κ2) is 7.53. The number of likely N-dealkylation sites (N-methyl/N-ethyl adjacent to an activating group) is 1. The third-order valence-electron chi connectivity index (χ3n) is 4.07. The Morgan fingerprint density at radius 1 is 1.46 bits per heavy atom. The Kier molecular flexibility index (Phi) is 5.87. The van der Waals surface area contributed by atoms with Crippen molar-refractivity contribution >= 4 is 6.09 Å². The molecule has 0 N–H and O–H groups in total. The highest BCUT2D eigenvalue weighted by atomic mass is 16.6. The topological polar surface area (TPSA) is 59.8 Å². The van der Waals surface area contributed by atoms with Crippen LogP contribution in [-0.2, 0) is 23.1 Å². The molecule has 7 heteroatoms. The van der Waals surface area contributed by atoms with Gasteiger partial charge in [-0.3, -0.25) is 9.58 Å². The van der Waals surface area contributed by atoms with E-state index < -0.39 is 5.60 Å². The van der Waals surface area contributed by atoms with Gasteiger partial charge in [0, 0.05) is 39.0 Å². The van der Waals surface area contributed by atoms with E-state index in [-0.39, 0.29) is 18.2 Å². The molecule has 2 heterocycles. The fourth-order valence-corrected chi connectivity index (χ4v) is 3.05. The lowest BCUT2D eigenvalue weighted by Crippen LogP contribution is -2.44. The minimum Gasteiger partial charge on any atom is -0.444 e. The summed E-state index contributed by atoms with van der Waals surface area (Å²) in [4.78, 5) is 16.5. The number of hydrogen-bond donors (Lipinski definition) is 0. The molecule has 1 aliphatic heterocycles. The molecule has 0 bridgehead atoms. The first-order valence-corrected chi connectivity index (χ1v) is 8.36. The molecule has 2 atom stereocenters. The first-order valence-electron chi connectivity index (χ1n) is 8.36. The zero-order valence-electron chi connectivity index (χ0n) is 15.7. The van der Waals surface area contributed by atoms with Crippen LogP contribution in [0.1, 0.15) is 32.8 Å². The average molecular weight is 338 g/mol. The largest absolute Gasteiger partial charge is 0.444 e. The normalized spacial score (nSPS) is 21.5. The van der Waals surface area contributed by atoms with Crippen molar-refractivity contribution in [2.24, 2.45) is 7.05 Å². The molecule has 2 rings (SSSR count). The minimum atomic E-state index is -0.492. The highest BCUT2D eigenvalue weighted by Crippen LogP contribution is 2.23. The third-order valence-corrected chi connectivity index (χ3v) is 4.07. The molecule has 136 valence electrons. The fraction of sp³-hybridized carbons (Fsp3) is 0.765. The summed E-state index contributed by atoms with van der Waals surface area (Å²) < 4.78 is 12.8. The van der Waals surface area contributed by atoms with Gasteiger partial charge in [0.25, 0.3) is 0 Å². The molecule has 0 saturated carbocycles. The maximum atomic E-state index is 12.5. The number of hydrogen-bond acceptors (Lipinski definition) is 5. The lowest BCUT2D eigenvalue weighted by Gasteiger charge is -2.30. The van der Waals surface area contributed by atoms with E-state index in [0.717, 1.165) is 25.1 Å². The van der Waals surface area contributed by atoms with Crippen molar-refractivity contribution in [1.82, 2.24) is 19.6 Å². The van der Waals surface area contributed by atoms with Gasteiger partial charge in [0.1, 0.15) is 5.60 Å². The standard InChI is InChI=1S/C17H30N4O3/c1-17(2,3)24-16(22)21-12-15(23-6)7-14(21)11-19(4)9-13-8-18-20(5)10-13/h8,10,14-15H,7,9,11-12H2,1-6H3. The average Bonchev–Trinajstić information content (AvgIpc) is 3.03. The Balaban J connectivity index is 1.98. The van der Waals surface area contributed by atoms with Gasteiger partial charge in [-0.25, -0.2) is 4.79 Å². The Morgan fingerprint density at radius 3 is 2.71 bits per heavy atom. The van der Waals surface area contributed by atoms with Gasteiger partial charge in [0.05, 0.1) is 24.9 Å². The number of aryl methyl sites for hydroxylation is 1. The van der Waals surface area contributed by atoms with Gasteiger partial charge < -0.3 is 14.4 Å². The van der Waals surface area contributed by atoms with Crippen LogP contribution < -0.4 is 0 Å². The summed E-state index contributed by atoms with van der Waals surface area (Å²) in [5.41, 5.74) is 0.666.